The summed E-state index contributed by atoms with van der Waals surface area (Å²) in [4.78, 5) is 0. The summed E-state index contributed by atoms with van der Waals surface area (Å²) in [5.41, 5.74) is 2.74. The first-order chi connectivity index (χ1) is 9.72. The van der Waals surface area contributed by atoms with Gasteiger partial charge in [-0.05, 0) is 36.1 Å². The van der Waals surface area contributed by atoms with E-state index < -0.39 is 0 Å². The molecule has 0 saturated carbocycles. The van der Waals surface area contributed by atoms with E-state index in [1.807, 2.05) is 0 Å². The number of nitrogens with one attached hydrogen (secondary N) is 1. The predicted octanol–water partition coefficient (Wildman–Crippen LogP) is 4.98. The van der Waals surface area contributed by atoms with E-state index in [9.17, 15) is 0 Å². The molecule has 0 fully saturated rings. The molecule has 0 spiro atoms. The molecule has 20 heavy (non-hydrogen) atoms. The van der Waals surface area contributed by atoms with Gasteiger partial charge in [0.2, 0.25) is 0 Å². The molecule has 106 valence electrons. The molecule has 0 aliphatic heterocycles. The van der Waals surface area contributed by atoms with Crippen molar-refractivity contribution in [3.63, 3.8) is 0 Å². The zero-order valence-electron chi connectivity index (χ0n) is 12.1. The second-order valence-electron chi connectivity index (χ2n) is 5.22. The van der Waals surface area contributed by atoms with Gasteiger partial charge in [0.05, 0.1) is 0 Å². The molecule has 0 saturated heterocycles. The summed E-state index contributed by atoms with van der Waals surface area (Å²) in [6.45, 7) is 5.47. The van der Waals surface area contributed by atoms with Crippen LogP contribution >= 0.6 is 15.9 Å². The third-order valence-corrected chi connectivity index (χ3v) is 4.43. The molecular formula is C18H22BrN. The first-order valence-electron chi connectivity index (χ1n) is 7.24. The Morgan fingerprint density at radius 1 is 1.00 bits per heavy atom. The standard InChI is InChI=1S/C18H22BrN/c1-3-20-18(15-9-5-4-6-10-15)14(2)13-16-11-7-8-12-17(16)19/h4-12,14,18,20H,3,13H2,1-2H3. The monoisotopic (exact) mass is 331 g/mol. The fourth-order valence-electron chi connectivity index (χ4n) is 2.66. The molecule has 2 aromatic carbocycles. The van der Waals surface area contributed by atoms with Crippen LogP contribution in [0.25, 0.3) is 0 Å². The molecule has 2 rings (SSSR count). The Hall–Kier alpha value is -1.12. The molecule has 0 aliphatic rings. The van der Waals surface area contributed by atoms with Crippen LogP contribution in [0.2, 0.25) is 0 Å². The number of rotatable bonds is 6. The Balaban J connectivity index is 2.16. The van der Waals surface area contributed by atoms with Crippen LogP contribution in [0.5, 0.6) is 0 Å². The molecule has 0 radical (unpaired) electrons. The molecule has 2 aromatic rings. The van der Waals surface area contributed by atoms with E-state index in [4.69, 9.17) is 0 Å². The van der Waals surface area contributed by atoms with E-state index >= 15 is 0 Å². The van der Waals surface area contributed by atoms with Crippen molar-refractivity contribution >= 4 is 15.9 Å². The first-order valence-corrected chi connectivity index (χ1v) is 8.03. The lowest BCUT2D eigenvalue weighted by Gasteiger charge is -2.26. The summed E-state index contributed by atoms with van der Waals surface area (Å²) in [5.74, 6) is 0.538. The normalized spacial score (nSPS) is 13.9. The molecule has 2 atom stereocenters. The van der Waals surface area contributed by atoms with Gasteiger partial charge in [-0.3, -0.25) is 0 Å². The van der Waals surface area contributed by atoms with Gasteiger partial charge in [0.25, 0.3) is 0 Å². The van der Waals surface area contributed by atoms with Crippen molar-refractivity contribution in [2.24, 2.45) is 5.92 Å². The minimum atomic E-state index is 0.397. The molecule has 0 aromatic heterocycles. The van der Waals surface area contributed by atoms with Gasteiger partial charge in [-0.15, -0.1) is 0 Å². The molecule has 0 aliphatic carbocycles. The molecular weight excluding hydrogens is 310 g/mol. The number of halogens is 1. The van der Waals surface area contributed by atoms with Crippen molar-refractivity contribution in [1.29, 1.82) is 0 Å². The predicted molar refractivity (Wildman–Crippen MR) is 89.9 cm³/mol. The Morgan fingerprint density at radius 2 is 1.65 bits per heavy atom. The van der Waals surface area contributed by atoms with E-state index in [0.717, 1.165) is 13.0 Å². The van der Waals surface area contributed by atoms with Crippen molar-refractivity contribution in [2.45, 2.75) is 26.3 Å². The fourth-order valence-corrected chi connectivity index (χ4v) is 3.10. The van der Waals surface area contributed by atoms with E-state index in [2.05, 4.69) is 89.7 Å². The Kier molecular flexibility index (Phi) is 5.81. The topological polar surface area (TPSA) is 12.0 Å². The number of benzene rings is 2. The van der Waals surface area contributed by atoms with E-state index in [1.54, 1.807) is 0 Å². The summed E-state index contributed by atoms with van der Waals surface area (Å²) in [6.07, 6.45) is 1.06. The summed E-state index contributed by atoms with van der Waals surface area (Å²) in [5, 5.41) is 3.62. The Labute approximate surface area is 130 Å². The van der Waals surface area contributed by atoms with Crippen LogP contribution in [-0.2, 0) is 6.42 Å². The van der Waals surface area contributed by atoms with Crippen LogP contribution in [0.15, 0.2) is 59.1 Å². The van der Waals surface area contributed by atoms with Crippen molar-refractivity contribution in [3.8, 4) is 0 Å². The highest BCUT2D eigenvalue weighted by molar-refractivity contribution is 9.10. The van der Waals surface area contributed by atoms with Crippen LogP contribution < -0.4 is 5.32 Å². The van der Waals surface area contributed by atoms with Gasteiger partial charge in [-0.2, -0.15) is 0 Å². The van der Waals surface area contributed by atoms with Crippen LogP contribution in [0.4, 0.5) is 0 Å². The number of hydrogen-bond donors (Lipinski definition) is 1. The summed E-state index contributed by atoms with van der Waals surface area (Å²) >= 11 is 3.65. The van der Waals surface area contributed by atoms with Gasteiger partial charge in [0.15, 0.2) is 0 Å². The highest BCUT2D eigenvalue weighted by Gasteiger charge is 2.19. The Morgan fingerprint density at radius 3 is 2.30 bits per heavy atom. The molecule has 0 heterocycles. The molecule has 2 heteroatoms. The average molecular weight is 332 g/mol. The van der Waals surface area contributed by atoms with Crippen LogP contribution in [0.3, 0.4) is 0 Å². The van der Waals surface area contributed by atoms with Gasteiger partial charge in [-0.1, -0.05) is 78.3 Å². The van der Waals surface area contributed by atoms with Crippen LogP contribution in [0, 0.1) is 5.92 Å². The van der Waals surface area contributed by atoms with Crippen LogP contribution in [-0.4, -0.2) is 6.54 Å². The fraction of sp³-hybridized carbons (Fsp3) is 0.333. The van der Waals surface area contributed by atoms with Gasteiger partial charge < -0.3 is 5.32 Å². The second-order valence-corrected chi connectivity index (χ2v) is 6.07. The average Bonchev–Trinajstić information content (AvgIpc) is 2.48. The van der Waals surface area contributed by atoms with E-state index in [0.29, 0.717) is 12.0 Å². The van der Waals surface area contributed by atoms with Crippen molar-refractivity contribution in [1.82, 2.24) is 5.32 Å². The lowest BCUT2D eigenvalue weighted by Crippen LogP contribution is -2.28. The lowest BCUT2D eigenvalue weighted by atomic mass is 9.89. The highest BCUT2D eigenvalue weighted by Crippen LogP contribution is 2.27. The summed E-state index contributed by atoms with van der Waals surface area (Å²) in [7, 11) is 0. The van der Waals surface area contributed by atoms with Gasteiger partial charge in [0.1, 0.15) is 0 Å². The Bertz CT molecular complexity index is 524. The SMILES string of the molecule is CCNC(c1ccccc1)C(C)Cc1ccccc1Br. The lowest BCUT2D eigenvalue weighted by molar-refractivity contribution is 0.391. The zero-order chi connectivity index (χ0) is 14.4. The van der Waals surface area contributed by atoms with Gasteiger partial charge in [0, 0.05) is 10.5 Å². The minimum Gasteiger partial charge on any atom is -0.310 e. The van der Waals surface area contributed by atoms with Gasteiger partial charge >= 0.3 is 0 Å². The molecule has 2 unspecified atom stereocenters. The largest absolute Gasteiger partial charge is 0.310 e. The van der Waals surface area contributed by atoms with E-state index in [-0.39, 0.29) is 0 Å². The molecule has 1 N–H and O–H groups in total. The summed E-state index contributed by atoms with van der Waals surface area (Å²) in [6, 6.07) is 19.6. The zero-order valence-corrected chi connectivity index (χ0v) is 13.7. The van der Waals surface area contributed by atoms with Gasteiger partial charge in [-0.25, -0.2) is 0 Å². The maximum Gasteiger partial charge on any atom is 0.0349 e. The maximum atomic E-state index is 3.65. The molecule has 1 nitrogen and oxygen atoms in total. The van der Waals surface area contributed by atoms with Crippen molar-refractivity contribution in [3.05, 3.63) is 70.2 Å². The van der Waals surface area contributed by atoms with Crippen molar-refractivity contribution in [2.75, 3.05) is 6.54 Å². The molecule has 0 amide bonds. The third-order valence-electron chi connectivity index (χ3n) is 3.65. The minimum absolute atomic E-state index is 0.397. The van der Waals surface area contributed by atoms with Crippen molar-refractivity contribution < 1.29 is 0 Å². The summed E-state index contributed by atoms with van der Waals surface area (Å²) < 4.78 is 1.20. The second kappa shape index (κ2) is 7.61. The molecule has 0 bridgehead atoms. The maximum absolute atomic E-state index is 3.65. The quantitative estimate of drug-likeness (QED) is 0.787. The van der Waals surface area contributed by atoms with Crippen LogP contribution in [0.1, 0.15) is 31.0 Å². The smallest absolute Gasteiger partial charge is 0.0349 e. The number of hydrogen-bond acceptors (Lipinski definition) is 1. The van der Waals surface area contributed by atoms with E-state index in [1.165, 1.54) is 15.6 Å². The first kappa shape index (κ1) is 15.3. The highest BCUT2D eigenvalue weighted by atomic mass is 79.9. The third kappa shape index (κ3) is 3.94.